The van der Waals surface area contributed by atoms with Gasteiger partial charge in [-0.2, -0.15) is 5.10 Å². The number of aryl methyl sites for hydroxylation is 3. The van der Waals surface area contributed by atoms with Gasteiger partial charge in [0.05, 0.1) is 29.7 Å². The predicted molar refractivity (Wildman–Crippen MR) is 102 cm³/mol. The largest absolute Gasteiger partial charge is 0.361 e. The Bertz CT molecular complexity index is 975. The second-order valence-electron chi connectivity index (χ2n) is 7.86. The van der Waals surface area contributed by atoms with Crippen LogP contribution in [0.3, 0.4) is 0 Å². The van der Waals surface area contributed by atoms with Crippen molar-refractivity contribution in [1.29, 1.82) is 0 Å². The number of piperazine rings is 1. The minimum Gasteiger partial charge on any atom is -0.361 e. The van der Waals surface area contributed by atoms with E-state index < -0.39 is 5.54 Å². The molecule has 1 spiro atoms. The van der Waals surface area contributed by atoms with Crippen LogP contribution in [0.15, 0.2) is 16.9 Å². The Hall–Kier alpha value is -3.17. The van der Waals surface area contributed by atoms with Crippen LogP contribution in [0.1, 0.15) is 35.2 Å². The Morgan fingerprint density at radius 1 is 1.24 bits per heavy atom. The SMILES string of the molecule is CC(=O)N1CC(=O)N(c2cnn(C)c2)C[C@@]12CCN(C(=O)c1c(C)noc1C)C2. The van der Waals surface area contributed by atoms with Crippen molar-refractivity contribution in [2.75, 3.05) is 31.1 Å². The molecule has 1 atom stereocenters. The summed E-state index contributed by atoms with van der Waals surface area (Å²) in [5, 5.41) is 8.02. The van der Waals surface area contributed by atoms with Gasteiger partial charge in [-0.15, -0.1) is 0 Å². The van der Waals surface area contributed by atoms with Crippen molar-refractivity contribution in [3.8, 4) is 0 Å². The van der Waals surface area contributed by atoms with Crippen molar-refractivity contribution in [2.45, 2.75) is 32.7 Å². The van der Waals surface area contributed by atoms with E-state index in [4.69, 9.17) is 4.52 Å². The highest BCUT2D eigenvalue weighted by Crippen LogP contribution is 2.35. The van der Waals surface area contributed by atoms with Crippen LogP contribution in [0.4, 0.5) is 5.69 Å². The number of rotatable bonds is 2. The first-order valence-corrected chi connectivity index (χ1v) is 9.51. The lowest BCUT2D eigenvalue weighted by Gasteiger charge is -2.47. The van der Waals surface area contributed by atoms with Crippen molar-refractivity contribution in [3.05, 3.63) is 29.4 Å². The summed E-state index contributed by atoms with van der Waals surface area (Å²) in [6.45, 7) is 6.06. The zero-order chi connectivity index (χ0) is 20.9. The summed E-state index contributed by atoms with van der Waals surface area (Å²) in [6.07, 6.45) is 4.00. The van der Waals surface area contributed by atoms with E-state index in [2.05, 4.69) is 10.3 Å². The monoisotopic (exact) mass is 400 g/mol. The number of aromatic nitrogens is 3. The molecular formula is C19H24N6O4. The molecule has 2 aliphatic rings. The van der Waals surface area contributed by atoms with Gasteiger partial charge in [-0.25, -0.2) is 0 Å². The highest BCUT2D eigenvalue weighted by molar-refractivity contribution is 5.99. The molecule has 0 unspecified atom stereocenters. The molecule has 3 amide bonds. The smallest absolute Gasteiger partial charge is 0.259 e. The molecule has 0 radical (unpaired) electrons. The predicted octanol–water partition coefficient (Wildman–Crippen LogP) is 0.505. The van der Waals surface area contributed by atoms with Crippen molar-refractivity contribution in [2.24, 2.45) is 7.05 Å². The number of likely N-dealkylation sites (tertiary alicyclic amines) is 1. The second kappa shape index (κ2) is 6.71. The number of hydrogen-bond donors (Lipinski definition) is 0. The van der Waals surface area contributed by atoms with Crippen molar-refractivity contribution in [3.63, 3.8) is 0 Å². The van der Waals surface area contributed by atoms with Crippen LogP contribution in [-0.4, -0.2) is 74.2 Å². The molecular weight excluding hydrogens is 376 g/mol. The molecule has 0 aromatic carbocycles. The van der Waals surface area contributed by atoms with Gasteiger partial charge in [-0.1, -0.05) is 5.16 Å². The number of anilines is 1. The number of hydrogen-bond acceptors (Lipinski definition) is 6. The lowest BCUT2D eigenvalue weighted by atomic mass is 9.92. The molecule has 2 aliphatic heterocycles. The van der Waals surface area contributed by atoms with E-state index in [9.17, 15) is 14.4 Å². The van der Waals surface area contributed by atoms with Gasteiger partial charge in [-0.05, 0) is 20.3 Å². The maximum Gasteiger partial charge on any atom is 0.259 e. The molecule has 154 valence electrons. The standard InChI is InChI=1S/C19H24N6O4/c1-12-17(13(2)29-21-12)18(28)23-6-5-19(10-23)11-24(15-7-20-22(4)8-15)16(27)9-25(19)14(3)26/h7-8H,5-6,9-11H2,1-4H3/t19-/m0/s1. The highest BCUT2D eigenvalue weighted by atomic mass is 16.5. The van der Waals surface area contributed by atoms with E-state index in [1.807, 2.05) is 0 Å². The summed E-state index contributed by atoms with van der Waals surface area (Å²) in [5.41, 5.74) is 1.07. The van der Waals surface area contributed by atoms with Gasteiger partial charge in [-0.3, -0.25) is 19.1 Å². The Labute approximate surface area is 168 Å². The first kappa shape index (κ1) is 19.2. The zero-order valence-electron chi connectivity index (χ0n) is 17.0. The van der Waals surface area contributed by atoms with Gasteiger partial charge in [0.2, 0.25) is 11.8 Å². The molecule has 2 fully saturated rings. The maximum atomic E-state index is 13.1. The molecule has 10 nitrogen and oxygen atoms in total. The van der Waals surface area contributed by atoms with E-state index in [0.29, 0.717) is 48.8 Å². The minimum absolute atomic E-state index is 0.0163. The fourth-order valence-electron chi connectivity index (χ4n) is 4.41. The van der Waals surface area contributed by atoms with Gasteiger partial charge < -0.3 is 19.2 Å². The van der Waals surface area contributed by atoms with Crippen molar-refractivity contribution < 1.29 is 18.9 Å². The van der Waals surface area contributed by atoms with Gasteiger partial charge in [0.15, 0.2) is 0 Å². The first-order chi connectivity index (χ1) is 13.7. The quantitative estimate of drug-likeness (QED) is 0.727. The van der Waals surface area contributed by atoms with E-state index in [-0.39, 0.29) is 24.3 Å². The lowest BCUT2D eigenvalue weighted by molar-refractivity contribution is -0.142. The Morgan fingerprint density at radius 3 is 2.59 bits per heavy atom. The van der Waals surface area contributed by atoms with E-state index in [1.165, 1.54) is 6.92 Å². The van der Waals surface area contributed by atoms with Gasteiger partial charge in [0, 0.05) is 33.3 Å². The molecule has 2 saturated heterocycles. The van der Waals surface area contributed by atoms with Crippen LogP contribution in [0.2, 0.25) is 0 Å². The summed E-state index contributed by atoms with van der Waals surface area (Å²) in [7, 11) is 1.79. The lowest BCUT2D eigenvalue weighted by Crippen LogP contribution is -2.67. The summed E-state index contributed by atoms with van der Waals surface area (Å²) >= 11 is 0. The molecule has 0 N–H and O–H groups in total. The average Bonchev–Trinajstić information content (AvgIpc) is 3.36. The highest BCUT2D eigenvalue weighted by Gasteiger charge is 2.51. The van der Waals surface area contributed by atoms with Crippen LogP contribution >= 0.6 is 0 Å². The maximum absolute atomic E-state index is 13.1. The summed E-state index contributed by atoms with van der Waals surface area (Å²) < 4.78 is 6.77. The van der Waals surface area contributed by atoms with E-state index in [1.54, 1.807) is 52.7 Å². The fraction of sp³-hybridized carbons (Fsp3) is 0.526. The van der Waals surface area contributed by atoms with Crippen LogP contribution < -0.4 is 4.90 Å². The number of carbonyl (C=O) groups is 3. The molecule has 4 rings (SSSR count). The summed E-state index contributed by atoms with van der Waals surface area (Å²) in [6, 6.07) is 0. The van der Waals surface area contributed by atoms with Crippen LogP contribution in [0.5, 0.6) is 0 Å². The molecule has 4 heterocycles. The van der Waals surface area contributed by atoms with Crippen LogP contribution in [0, 0.1) is 13.8 Å². The van der Waals surface area contributed by atoms with Gasteiger partial charge >= 0.3 is 0 Å². The summed E-state index contributed by atoms with van der Waals surface area (Å²) in [5.74, 6) is -0.00992. The molecule has 0 saturated carbocycles. The minimum atomic E-state index is -0.635. The molecule has 2 aromatic rings. The third kappa shape index (κ3) is 3.08. The topological polar surface area (TPSA) is 105 Å². The van der Waals surface area contributed by atoms with Gasteiger partial charge in [0.1, 0.15) is 17.9 Å². The number of nitrogens with zero attached hydrogens (tertiary/aromatic N) is 6. The van der Waals surface area contributed by atoms with Crippen molar-refractivity contribution >= 4 is 23.4 Å². The average molecular weight is 400 g/mol. The molecule has 2 aromatic heterocycles. The molecule has 10 heteroatoms. The Balaban J connectivity index is 1.64. The van der Waals surface area contributed by atoms with E-state index >= 15 is 0 Å². The van der Waals surface area contributed by atoms with Crippen LogP contribution in [-0.2, 0) is 16.6 Å². The second-order valence-corrected chi connectivity index (χ2v) is 7.86. The van der Waals surface area contributed by atoms with E-state index in [0.717, 1.165) is 0 Å². The third-order valence-electron chi connectivity index (χ3n) is 5.87. The number of amides is 3. The normalized spacial score (nSPS) is 22.1. The van der Waals surface area contributed by atoms with Crippen molar-refractivity contribution in [1.82, 2.24) is 24.7 Å². The molecule has 29 heavy (non-hydrogen) atoms. The number of carbonyl (C=O) groups excluding carboxylic acids is 3. The third-order valence-corrected chi connectivity index (χ3v) is 5.87. The molecule has 0 bridgehead atoms. The molecule has 0 aliphatic carbocycles. The summed E-state index contributed by atoms with van der Waals surface area (Å²) in [4.78, 5) is 43.2. The Kier molecular flexibility index (Phi) is 4.44. The van der Waals surface area contributed by atoms with Crippen LogP contribution in [0.25, 0.3) is 0 Å². The van der Waals surface area contributed by atoms with Gasteiger partial charge in [0.25, 0.3) is 5.91 Å². The zero-order valence-corrected chi connectivity index (χ0v) is 17.0. The first-order valence-electron chi connectivity index (χ1n) is 9.51. The Morgan fingerprint density at radius 2 is 2.00 bits per heavy atom. The fourth-order valence-corrected chi connectivity index (χ4v) is 4.41.